The Morgan fingerprint density at radius 1 is 1.15 bits per heavy atom. The van der Waals surface area contributed by atoms with Gasteiger partial charge in [0, 0.05) is 18.1 Å². The van der Waals surface area contributed by atoms with E-state index in [-0.39, 0.29) is 10.2 Å². The fraction of sp³-hybridized carbons (Fsp3) is 0.500. The Kier molecular flexibility index (Phi) is 8.68. The highest BCUT2D eigenvalue weighted by Gasteiger charge is 2.22. The molecule has 0 unspecified atom stereocenters. The van der Waals surface area contributed by atoms with Gasteiger partial charge in [0.2, 0.25) is 5.13 Å². The first-order chi connectivity index (χ1) is 12.9. The van der Waals surface area contributed by atoms with Gasteiger partial charge >= 0.3 is 0 Å². The lowest BCUT2D eigenvalue weighted by atomic mass is 10.1. The predicted molar refractivity (Wildman–Crippen MR) is 107 cm³/mol. The van der Waals surface area contributed by atoms with E-state index >= 15 is 0 Å². The van der Waals surface area contributed by atoms with Crippen molar-refractivity contribution in [1.29, 1.82) is 0 Å². The highest BCUT2D eigenvalue weighted by atomic mass is 35.5. The second kappa shape index (κ2) is 10.7. The highest BCUT2D eigenvalue weighted by Crippen LogP contribution is 2.29. The van der Waals surface area contributed by atoms with Crippen LogP contribution in [0.1, 0.15) is 38.5 Å². The van der Waals surface area contributed by atoms with Crippen LogP contribution >= 0.6 is 23.1 Å². The van der Waals surface area contributed by atoms with Crippen LogP contribution in [0.5, 0.6) is 0 Å². The van der Waals surface area contributed by atoms with Gasteiger partial charge in [0.25, 0.3) is 10.0 Å². The van der Waals surface area contributed by atoms with Gasteiger partial charge < -0.3 is 11.1 Å². The zero-order valence-corrected chi connectivity index (χ0v) is 17.1. The van der Waals surface area contributed by atoms with E-state index in [9.17, 15) is 12.8 Å². The lowest BCUT2D eigenvalue weighted by Gasteiger charge is -2.12. The summed E-state index contributed by atoms with van der Waals surface area (Å²) in [5.41, 5.74) is 5.82. The molecule has 1 aromatic heterocycles. The topological polar surface area (TPSA) is 110 Å². The SMILES string of the molecule is NCCCCCCCCNc1cc(F)c(S(=O)(=O)Nc2ncns2)cc1Cl. The highest BCUT2D eigenvalue weighted by molar-refractivity contribution is 7.93. The molecular weight excluding hydrogens is 413 g/mol. The molecular formula is C16H23ClFN5O2S2. The van der Waals surface area contributed by atoms with Crippen LogP contribution in [0.4, 0.5) is 15.2 Å². The fourth-order valence-electron chi connectivity index (χ4n) is 2.46. The number of nitrogens with zero attached hydrogens (tertiary/aromatic N) is 2. The first-order valence-corrected chi connectivity index (χ1v) is 11.3. The molecule has 1 heterocycles. The Morgan fingerprint density at radius 2 is 1.85 bits per heavy atom. The number of hydrogen-bond donors (Lipinski definition) is 3. The Bertz CT molecular complexity index is 818. The molecule has 11 heteroatoms. The molecule has 7 nitrogen and oxygen atoms in total. The second-order valence-corrected chi connectivity index (χ2v) is 8.79. The number of sulfonamides is 1. The molecule has 0 radical (unpaired) electrons. The van der Waals surface area contributed by atoms with E-state index in [0.717, 1.165) is 68.7 Å². The Labute approximate surface area is 167 Å². The van der Waals surface area contributed by atoms with Crippen molar-refractivity contribution in [2.75, 3.05) is 23.1 Å². The Hall–Kier alpha value is -1.49. The summed E-state index contributed by atoms with van der Waals surface area (Å²) in [5, 5.41) is 3.24. The first-order valence-electron chi connectivity index (χ1n) is 8.66. The summed E-state index contributed by atoms with van der Waals surface area (Å²) in [6.07, 6.45) is 7.64. The van der Waals surface area contributed by atoms with Crippen LogP contribution < -0.4 is 15.8 Å². The fourth-order valence-corrected chi connectivity index (χ4v) is 4.50. The van der Waals surface area contributed by atoms with Crippen molar-refractivity contribution in [3.8, 4) is 0 Å². The maximum absolute atomic E-state index is 14.3. The van der Waals surface area contributed by atoms with Crippen LogP contribution in [-0.4, -0.2) is 30.9 Å². The molecule has 0 atom stereocenters. The van der Waals surface area contributed by atoms with Crippen molar-refractivity contribution in [2.24, 2.45) is 5.73 Å². The lowest BCUT2D eigenvalue weighted by Crippen LogP contribution is -2.15. The van der Waals surface area contributed by atoms with Crippen molar-refractivity contribution >= 4 is 44.0 Å². The smallest absolute Gasteiger partial charge is 0.266 e. The van der Waals surface area contributed by atoms with Crippen LogP contribution in [0.2, 0.25) is 5.02 Å². The molecule has 2 aromatic rings. The molecule has 0 amide bonds. The van der Waals surface area contributed by atoms with Crippen molar-refractivity contribution in [3.05, 3.63) is 29.3 Å². The van der Waals surface area contributed by atoms with Crippen molar-refractivity contribution < 1.29 is 12.8 Å². The molecule has 2 rings (SSSR count). The van der Waals surface area contributed by atoms with Crippen LogP contribution in [0, 0.1) is 5.82 Å². The minimum Gasteiger partial charge on any atom is -0.384 e. The zero-order chi connectivity index (χ0) is 19.7. The third kappa shape index (κ3) is 6.87. The molecule has 0 fully saturated rings. The third-order valence-electron chi connectivity index (χ3n) is 3.84. The van der Waals surface area contributed by atoms with Gasteiger partial charge in [-0.25, -0.2) is 17.8 Å². The van der Waals surface area contributed by atoms with E-state index in [2.05, 4.69) is 19.4 Å². The number of unbranched alkanes of at least 4 members (excludes halogenated alkanes) is 5. The molecule has 1 aromatic carbocycles. The second-order valence-electron chi connectivity index (χ2n) is 5.95. The predicted octanol–water partition coefficient (Wildman–Crippen LogP) is 3.84. The molecule has 150 valence electrons. The van der Waals surface area contributed by atoms with Gasteiger partial charge in [-0.1, -0.05) is 37.3 Å². The summed E-state index contributed by atoms with van der Waals surface area (Å²) < 4.78 is 44.8. The average Bonchev–Trinajstić information content (AvgIpc) is 3.11. The summed E-state index contributed by atoms with van der Waals surface area (Å²) in [7, 11) is -4.13. The van der Waals surface area contributed by atoms with Crippen molar-refractivity contribution in [3.63, 3.8) is 0 Å². The number of anilines is 2. The van der Waals surface area contributed by atoms with E-state index in [1.165, 1.54) is 6.33 Å². The summed E-state index contributed by atoms with van der Waals surface area (Å²) in [6, 6.07) is 2.19. The van der Waals surface area contributed by atoms with Gasteiger partial charge in [0.1, 0.15) is 17.0 Å². The standard InChI is InChI=1S/C16H23ClFN5O2S2/c17-12-9-15(27(24,25)23-16-21-11-22-26-16)13(18)10-14(12)20-8-6-4-2-1-3-5-7-19/h9-11,20H,1-8,19H2,(H,21,22,23). The molecule has 0 aliphatic heterocycles. The molecule has 4 N–H and O–H groups in total. The van der Waals surface area contributed by atoms with Crippen molar-refractivity contribution in [1.82, 2.24) is 9.36 Å². The van der Waals surface area contributed by atoms with E-state index < -0.39 is 20.7 Å². The van der Waals surface area contributed by atoms with Crippen LogP contribution in [0.15, 0.2) is 23.4 Å². The van der Waals surface area contributed by atoms with Gasteiger partial charge in [0.05, 0.1) is 10.7 Å². The van der Waals surface area contributed by atoms with Gasteiger partial charge in [-0.05, 0) is 31.5 Å². The number of halogens is 2. The van der Waals surface area contributed by atoms with Gasteiger partial charge in [-0.2, -0.15) is 4.37 Å². The number of hydrogen-bond acceptors (Lipinski definition) is 7. The molecule has 27 heavy (non-hydrogen) atoms. The molecule has 0 saturated heterocycles. The van der Waals surface area contributed by atoms with Crippen LogP contribution in [0.25, 0.3) is 0 Å². The van der Waals surface area contributed by atoms with E-state index in [4.69, 9.17) is 17.3 Å². The maximum atomic E-state index is 14.3. The van der Waals surface area contributed by atoms with Crippen molar-refractivity contribution in [2.45, 2.75) is 43.4 Å². The summed E-state index contributed by atoms with van der Waals surface area (Å²) in [6.45, 7) is 1.36. The molecule has 0 saturated carbocycles. The monoisotopic (exact) mass is 435 g/mol. The van der Waals surface area contributed by atoms with Gasteiger partial charge in [0.15, 0.2) is 0 Å². The zero-order valence-electron chi connectivity index (χ0n) is 14.7. The number of benzene rings is 1. The van der Waals surface area contributed by atoms with Gasteiger partial charge in [-0.3, -0.25) is 4.72 Å². The minimum absolute atomic E-state index is 0.0548. The number of rotatable bonds is 12. The molecule has 0 aliphatic rings. The number of nitrogens with two attached hydrogens (primary N) is 1. The summed E-state index contributed by atoms with van der Waals surface area (Å²) >= 11 is 6.98. The Morgan fingerprint density at radius 3 is 2.52 bits per heavy atom. The largest absolute Gasteiger partial charge is 0.384 e. The number of nitrogens with one attached hydrogen (secondary N) is 2. The third-order valence-corrected chi connectivity index (χ3v) is 6.22. The summed E-state index contributed by atoms with van der Waals surface area (Å²) in [4.78, 5) is 3.19. The van der Waals surface area contributed by atoms with Crippen LogP contribution in [0.3, 0.4) is 0 Å². The average molecular weight is 436 g/mol. The summed E-state index contributed by atoms with van der Waals surface area (Å²) in [5.74, 6) is -0.888. The lowest BCUT2D eigenvalue weighted by molar-refractivity contribution is 0.570. The van der Waals surface area contributed by atoms with Crippen LogP contribution in [-0.2, 0) is 10.0 Å². The number of aromatic nitrogens is 2. The molecule has 0 bridgehead atoms. The normalized spacial score (nSPS) is 11.5. The maximum Gasteiger partial charge on any atom is 0.266 e. The van der Waals surface area contributed by atoms with E-state index in [1.54, 1.807) is 0 Å². The van der Waals surface area contributed by atoms with Gasteiger partial charge in [-0.15, -0.1) is 0 Å². The quantitative estimate of drug-likeness (QED) is 0.437. The Balaban J connectivity index is 1.90. The first kappa shape index (κ1) is 21.8. The molecule has 0 spiro atoms. The van der Waals surface area contributed by atoms with E-state index in [0.29, 0.717) is 12.2 Å². The van der Waals surface area contributed by atoms with E-state index in [1.807, 2.05) is 0 Å². The molecule has 0 aliphatic carbocycles. The minimum atomic E-state index is -4.13.